The SMILES string of the molecule is O=C1COc2ccccc2N1CCCNCC1COc2ccccc2O1. The van der Waals surface area contributed by atoms with Crippen LogP contribution in [0.4, 0.5) is 5.69 Å². The molecule has 0 aliphatic carbocycles. The Morgan fingerprint density at radius 1 is 1.00 bits per heavy atom. The number of para-hydroxylation sites is 4. The molecule has 2 heterocycles. The van der Waals surface area contributed by atoms with Gasteiger partial charge >= 0.3 is 0 Å². The van der Waals surface area contributed by atoms with E-state index < -0.39 is 0 Å². The second kappa shape index (κ2) is 7.66. The lowest BCUT2D eigenvalue weighted by atomic mass is 10.2. The van der Waals surface area contributed by atoms with E-state index in [-0.39, 0.29) is 18.6 Å². The fourth-order valence-corrected chi connectivity index (χ4v) is 3.19. The summed E-state index contributed by atoms with van der Waals surface area (Å²) in [5.74, 6) is 2.37. The summed E-state index contributed by atoms with van der Waals surface area (Å²) >= 11 is 0. The van der Waals surface area contributed by atoms with Gasteiger partial charge < -0.3 is 24.4 Å². The molecule has 1 amide bonds. The number of ether oxygens (including phenoxy) is 3. The van der Waals surface area contributed by atoms with Gasteiger partial charge in [-0.05, 0) is 37.2 Å². The minimum atomic E-state index is -0.00403. The predicted molar refractivity (Wildman–Crippen MR) is 98.1 cm³/mol. The van der Waals surface area contributed by atoms with Crippen LogP contribution in [0.2, 0.25) is 0 Å². The zero-order chi connectivity index (χ0) is 17.8. The summed E-state index contributed by atoms with van der Waals surface area (Å²) in [6.45, 7) is 2.82. The number of benzene rings is 2. The van der Waals surface area contributed by atoms with Crippen LogP contribution < -0.4 is 24.4 Å². The highest BCUT2D eigenvalue weighted by Gasteiger charge is 2.24. The Bertz CT molecular complexity index is 780. The van der Waals surface area contributed by atoms with Crippen molar-refractivity contribution in [3.8, 4) is 17.2 Å². The van der Waals surface area contributed by atoms with Crippen molar-refractivity contribution < 1.29 is 19.0 Å². The molecule has 0 saturated heterocycles. The topological polar surface area (TPSA) is 60.0 Å². The van der Waals surface area contributed by atoms with E-state index in [1.54, 1.807) is 4.90 Å². The van der Waals surface area contributed by atoms with Crippen molar-refractivity contribution in [3.63, 3.8) is 0 Å². The van der Waals surface area contributed by atoms with E-state index in [9.17, 15) is 4.79 Å². The molecule has 4 rings (SSSR count). The lowest BCUT2D eigenvalue weighted by Crippen LogP contribution is -2.41. The minimum absolute atomic E-state index is 0.00400. The van der Waals surface area contributed by atoms with E-state index in [1.165, 1.54) is 0 Å². The molecule has 1 atom stereocenters. The maximum Gasteiger partial charge on any atom is 0.265 e. The van der Waals surface area contributed by atoms with E-state index in [0.29, 0.717) is 19.7 Å². The van der Waals surface area contributed by atoms with Gasteiger partial charge in [-0.2, -0.15) is 0 Å². The molecular formula is C20H22N2O4. The highest BCUT2D eigenvalue weighted by atomic mass is 16.6. The Morgan fingerprint density at radius 2 is 1.77 bits per heavy atom. The standard InChI is InChI=1S/C20H22N2O4/c23-20-14-25-17-7-2-1-6-16(17)22(20)11-5-10-21-12-15-13-24-18-8-3-4-9-19(18)26-15/h1-4,6-9,15,21H,5,10-14H2. The number of fused-ring (bicyclic) bond motifs is 2. The third kappa shape index (κ3) is 3.60. The van der Waals surface area contributed by atoms with Gasteiger partial charge in [-0.15, -0.1) is 0 Å². The molecule has 1 unspecified atom stereocenters. The number of carbonyl (C=O) groups is 1. The summed E-state index contributed by atoms with van der Waals surface area (Å²) in [7, 11) is 0. The van der Waals surface area contributed by atoms with Gasteiger partial charge in [-0.25, -0.2) is 0 Å². The number of rotatable bonds is 6. The predicted octanol–water partition coefficient (Wildman–Crippen LogP) is 2.23. The number of hydrogen-bond donors (Lipinski definition) is 1. The summed E-state index contributed by atoms with van der Waals surface area (Å²) in [6, 6.07) is 15.4. The molecule has 26 heavy (non-hydrogen) atoms. The normalized spacial score (nSPS) is 18.2. The Kier molecular flexibility index (Phi) is 4.93. The van der Waals surface area contributed by atoms with Crippen molar-refractivity contribution >= 4 is 11.6 Å². The first-order chi connectivity index (χ1) is 12.8. The number of nitrogens with zero attached hydrogens (tertiary/aromatic N) is 1. The lowest BCUT2D eigenvalue weighted by molar-refractivity contribution is -0.121. The molecule has 2 aromatic carbocycles. The lowest BCUT2D eigenvalue weighted by Gasteiger charge is -2.29. The van der Waals surface area contributed by atoms with Crippen LogP contribution in [0, 0.1) is 0 Å². The molecule has 2 aromatic rings. The molecule has 0 radical (unpaired) electrons. The van der Waals surface area contributed by atoms with Crippen LogP contribution in [0.1, 0.15) is 6.42 Å². The van der Waals surface area contributed by atoms with Crippen LogP contribution in [0.25, 0.3) is 0 Å². The van der Waals surface area contributed by atoms with E-state index >= 15 is 0 Å². The van der Waals surface area contributed by atoms with Crippen LogP contribution in [0.15, 0.2) is 48.5 Å². The van der Waals surface area contributed by atoms with Gasteiger partial charge in [-0.3, -0.25) is 4.79 Å². The zero-order valence-corrected chi connectivity index (χ0v) is 14.5. The van der Waals surface area contributed by atoms with Gasteiger partial charge in [0.05, 0.1) is 5.69 Å². The van der Waals surface area contributed by atoms with Crippen molar-refractivity contribution in [2.24, 2.45) is 0 Å². The molecule has 6 nitrogen and oxygen atoms in total. The summed E-state index contributed by atoms with van der Waals surface area (Å²) in [6.07, 6.45) is 0.847. The maximum absolute atomic E-state index is 12.1. The van der Waals surface area contributed by atoms with Gasteiger partial charge in [-0.1, -0.05) is 24.3 Å². The van der Waals surface area contributed by atoms with Crippen LogP contribution in [0.5, 0.6) is 17.2 Å². The van der Waals surface area contributed by atoms with Gasteiger partial charge in [0, 0.05) is 13.1 Å². The van der Waals surface area contributed by atoms with Crippen molar-refractivity contribution in [1.29, 1.82) is 0 Å². The number of carbonyl (C=O) groups excluding carboxylic acids is 1. The first-order valence-corrected chi connectivity index (χ1v) is 8.92. The van der Waals surface area contributed by atoms with E-state index in [1.807, 2.05) is 48.5 Å². The van der Waals surface area contributed by atoms with E-state index in [2.05, 4.69) is 5.32 Å². The third-order valence-electron chi connectivity index (χ3n) is 4.48. The van der Waals surface area contributed by atoms with Gasteiger partial charge in [0.1, 0.15) is 18.5 Å². The monoisotopic (exact) mass is 354 g/mol. The molecule has 0 spiro atoms. The summed E-state index contributed by atoms with van der Waals surface area (Å²) in [5.41, 5.74) is 0.851. The van der Waals surface area contributed by atoms with Crippen LogP contribution in [0.3, 0.4) is 0 Å². The quantitative estimate of drug-likeness (QED) is 0.806. The van der Waals surface area contributed by atoms with Gasteiger partial charge in [0.25, 0.3) is 5.91 Å². The molecule has 6 heteroatoms. The van der Waals surface area contributed by atoms with Crippen molar-refractivity contribution in [3.05, 3.63) is 48.5 Å². The molecule has 0 aromatic heterocycles. The zero-order valence-electron chi connectivity index (χ0n) is 14.5. The van der Waals surface area contributed by atoms with Crippen LogP contribution >= 0.6 is 0 Å². The third-order valence-corrected chi connectivity index (χ3v) is 4.48. The first-order valence-electron chi connectivity index (χ1n) is 8.92. The fourth-order valence-electron chi connectivity index (χ4n) is 3.19. The number of amides is 1. The summed E-state index contributed by atoms with van der Waals surface area (Å²) in [5, 5.41) is 3.39. The molecule has 2 aliphatic heterocycles. The Morgan fingerprint density at radius 3 is 2.65 bits per heavy atom. The average Bonchev–Trinajstić information content (AvgIpc) is 2.69. The number of hydrogen-bond acceptors (Lipinski definition) is 5. The minimum Gasteiger partial charge on any atom is -0.486 e. The van der Waals surface area contributed by atoms with Crippen molar-refractivity contribution in [2.45, 2.75) is 12.5 Å². The second-order valence-corrected chi connectivity index (χ2v) is 6.36. The summed E-state index contributed by atoms with van der Waals surface area (Å²) < 4.78 is 17.1. The molecule has 0 bridgehead atoms. The molecule has 0 fully saturated rings. The van der Waals surface area contributed by atoms with E-state index in [4.69, 9.17) is 14.2 Å². The highest BCUT2D eigenvalue weighted by molar-refractivity contribution is 5.97. The molecular weight excluding hydrogens is 332 g/mol. The molecule has 1 N–H and O–H groups in total. The Hall–Kier alpha value is -2.73. The smallest absolute Gasteiger partial charge is 0.265 e. The molecule has 2 aliphatic rings. The van der Waals surface area contributed by atoms with Gasteiger partial charge in [0.2, 0.25) is 0 Å². The summed E-state index contributed by atoms with van der Waals surface area (Å²) in [4.78, 5) is 13.9. The highest BCUT2D eigenvalue weighted by Crippen LogP contribution is 2.32. The van der Waals surface area contributed by atoms with Crippen molar-refractivity contribution in [1.82, 2.24) is 5.32 Å². The Balaban J connectivity index is 1.22. The average molecular weight is 354 g/mol. The Labute approximate surface area is 152 Å². The molecule has 0 saturated carbocycles. The second-order valence-electron chi connectivity index (χ2n) is 6.36. The maximum atomic E-state index is 12.1. The number of nitrogens with one attached hydrogen (secondary N) is 1. The van der Waals surface area contributed by atoms with Gasteiger partial charge in [0.15, 0.2) is 18.1 Å². The van der Waals surface area contributed by atoms with Crippen LogP contribution in [-0.4, -0.2) is 44.9 Å². The van der Waals surface area contributed by atoms with Crippen molar-refractivity contribution in [2.75, 3.05) is 37.7 Å². The van der Waals surface area contributed by atoms with E-state index in [0.717, 1.165) is 35.9 Å². The van der Waals surface area contributed by atoms with Crippen LogP contribution in [-0.2, 0) is 4.79 Å². The number of anilines is 1. The molecule has 136 valence electrons. The first kappa shape index (κ1) is 16.7. The fraction of sp³-hybridized carbons (Fsp3) is 0.350. The largest absolute Gasteiger partial charge is 0.486 e.